The number of aryl methyl sites for hydroxylation is 1. The number of hydrogen-bond donors (Lipinski definition) is 1. The van der Waals surface area contributed by atoms with Crippen LogP contribution in [0.4, 0.5) is 5.69 Å². The highest BCUT2D eigenvalue weighted by atomic mass is 15.3. The zero-order chi connectivity index (χ0) is 8.81. The fourth-order valence-electron chi connectivity index (χ4n) is 0.840. The van der Waals surface area contributed by atoms with Gasteiger partial charge < -0.3 is 0 Å². The van der Waals surface area contributed by atoms with Crippen LogP contribution in [0.2, 0.25) is 0 Å². The van der Waals surface area contributed by atoms with Crippen LogP contribution in [-0.2, 0) is 0 Å². The van der Waals surface area contributed by atoms with Crippen LogP contribution in [0.15, 0.2) is 29.4 Å². The van der Waals surface area contributed by atoms with E-state index in [4.69, 9.17) is 0 Å². The topological polar surface area (TPSA) is 24.4 Å². The lowest BCUT2D eigenvalue weighted by Gasteiger charge is -1.98. The van der Waals surface area contributed by atoms with Crippen molar-refractivity contribution in [1.82, 2.24) is 0 Å². The van der Waals surface area contributed by atoms with E-state index in [1.807, 2.05) is 18.3 Å². The number of rotatable bonds is 3. The van der Waals surface area contributed by atoms with E-state index in [-0.39, 0.29) is 0 Å². The lowest BCUT2D eigenvalue weighted by Crippen LogP contribution is -1.88. The Hall–Kier alpha value is -1.31. The van der Waals surface area contributed by atoms with Crippen molar-refractivity contribution in [3.63, 3.8) is 0 Å². The molecular weight excluding hydrogens is 148 g/mol. The molecule has 0 atom stereocenters. The van der Waals surface area contributed by atoms with E-state index >= 15 is 0 Å². The van der Waals surface area contributed by atoms with Crippen LogP contribution < -0.4 is 5.43 Å². The minimum Gasteiger partial charge on any atom is -0.279 e. The Bertz CT molecular complexity index is 249. The maximum absolute atomic E-state index is 4.01. The van der Waals surface area contributed by atoms with Crippen molar-refractivity contribution in [1.29, 1.82) is 0 Å². The predicted molar refractivity (Wildman–Crippen MR) is 53.6 cm³/mol. The number of hydrogen-bond acceptors (Lipinski definition) is 2. The molecule has 0 bridgehead atoms. The standard InChI is InChI=1S/C10H14N2/c1-3-8-11-12-10-6-4-9(2)5-7-10/h4-8,12H,3H2,1-2H3. The van der Waals surface area contributed by atoms with Gasteiger partial charge in [-0.25, -0.2) is 0 Å². The van der Waals surface area contributed by atoms with Gasteiger partial charge in [0.25, 0.3) is 0 Å². The van der Waals surface area contributed by atoms with Gasteiger partial charge in [0.05, 0.1) is 5.69 Å². The quantitative estimate of drug-likeness (QED) is 0.536. The smallest absolute Gasteiger partial charge is 0.0561 e. The minimum atomic E-state index is 0.957. The summed E-state index contributed by atoms with van der Waals surface area (Å²) in [4.78, 5) is 0. The summed E-state index contributed by atoms with van der Waals surface area (Å²) in [5, 5.41) is 4.01. The van der Waals surface area contributed by atoms with Gasteiger partial charge in [-0.05, 0) is 25.5 Å². The van der Waals surface area contributed by atoms with Gasteiger partial charge in [-0.2, -0.15) is 5.10 Å². The summed E-state index contributed by atoms with van der Waals surface area (Å²) in [7, 11) is 0. The third kappa shape index (κ3) is 2.74. The monoisotopic (exact) mass is 162 g/mol. The second-order valence-corrected chi connectivity index (χ2v) is 2.70. The molecule has 2 heteroatoms. The first-order valence-electron chi connectivity index (χ1n) is 4.17. The lowest BCUT2D eigenvalue weighted by atomic mass is 10.2. The second-order valence-electron chi connectivity index (χ2n) is 2.70. The molecule has 0 amide bonds. The van der Waals surface area contributed by atoms with Crippen molar-refractivity contribution in [3.05, 3.63) is 29.8 Å². The molecule has 0 aliphatic rings. The number of nitrogens with zero attached hydrogens (tertiary/aromatic N) is 1. The van der Waals surface area contributed by atoms with Crippen LogP contribution in [0.5, 0.6) is 0 Å². The van der Waals surface area contributed by atoms with Gasteiger partial charge in [-0.15, -0.1) is 0 Å². The molecule has 0 spiro atoms. The van der Waals surface area contributed by atoms with Crippen molar-refractivity contribution in [2.75, 3.05) is 5.43 Å². The van der Waals surface area contributed by atoms with Crippen LogP contribution in [0, 0.1) is 6.92 Å². The Morgan fingerprint density at radius 3 is 2.58 bits per heavy atom. The van der Waals surface area contributed by atoms with Crippen molar-refractivity contribution >= 4 is 11.9 Å². The van der Waals surface area contributed by atoms with Gasteiger partial charge in [0, 0.05) is 6.21 Å². The number of nitrogens with one attached hydrogen (secondary N) is 1. The molecule has 0 unspecified atom stereocenters. The summed E-state index contributed by atoms with van der Waals surface area (Å²) in [6, 6.07) is 8.15. The summed E-state index contributed by atoms with van der Waals surface area (Å²) in [6.45, 7) is 4.12. The van der Waals surface area contributed by atoms with Crippen molar-refractivity contribution in [2.45, 2.75) is 20.3 Å². The van der Waals surface area contributed by atoms with Crippen molar-refractivity contribution in [2.24, 2.45) is 5.10 Å². The summed E-state index contributed by atoms with van der Waals surface area (Å²) >= 11 is 0. The SMILES string of the molecule is CCC=NNc1ccc(C)cc1. The molecule has 0 radical (unpaired) electrons. The van der Waals surface area contributed by atoms with E-state index in [9.17, 15) is 0 Å². The van der Waals surface area contributed by atoms with E-state index in [1.165, 1.54) is 5.56 Å². The Morgan fingerprint density at radius 2 is 2.00 bits per heavy atom. The molecule has 0 aliphatic heterocycles. The average molecular weight is 162 g/mol. The van der Waals surface area contributed by atoms with Crippen LogP contribution in [0.3, 0.4) is 0 Å². The van der Waals surface area contributed by atoms with E-state index in [2.05, 4.69) is 36.5 Å². The molecule has 0 heterocycles. The molecule has 0 saturated carbocycles. The molecule has 2 nitrogen and oxygen atoms in total. The molecule has 12 heavy (non-hydrogen) atoms. The zero-order valence-electron chi connectivity index (χ0n) is 7.54. The fourth-order valence-corrected chi connectivity index (χ4v) is 0.840. The summed E-state index contributed by atoms with van der Waals surface area (Å²) in [5.41, 5.74) is 5.24. The Balaban J connectivity index is 2.53. The molecule has 1 N–H and O–H groups in total. The highest BCUT2D eigenvalue weighted by Gasteiger charge is 1.86. The Labute approximate surface area is 73.3 Å². The summed E-state index contributed by atoms with van der Waals surface area (Å²) < 4.78 is 0. The van der Waals surface area contributed by atoms with E-state index in [0.717, 1.165) is 12.1 Å². The maximum Gasteiger partial charge on any atom is 0.0561 e. The van der Waals surface area contributed by atoms with Crippen LogP contribution in [-0.4, -0.2) is 6.21 Å². The van der Waals surface area contributed by atoms with E-state index < -0.39 is 0 Å². The molecule has 1 rings (SSSR count). The third-order valence-electron chi connectivity index (χ3n) is 1.52. The first kappa shape index (κ1) is 8.78. The largest absolute Gasteiger partial charge is 0.279 e. The molecule has 0 fully saturated rings. The molecule has 0 aliphatic carbocycles. The molecule has 0 saturated heterocycles. The van der Waals surface area contributed by atoms with Gasteiger partial charge in [-0.3, -0.25) is 5.43 Å². The highest BCUT2D eigenvalue weighted by molar-refractivity contribution is 5.58. The summed E-state index contributed by atoms with van der Waals surface area (Å²) in [6.07, 6.45) is 2.80. The summed E-state index contributed by atoms with van der Waals surface area (Å²) in [5.74, 6) is 0. The average Bonchev–Trinajstić information content (AvgIpc) is 2.09. The normalized spacial score (nSPS) is 10.5. The molecule has 1 aromatic rings. The van der Waals surface area contributed by atoms with Gasteiger partial charge >= 0.3 is 0 Å². The molecule has 0 aromatic heterocycles. The Kier molecular flexibility index (Phi) is 3.33. The number of benzene rings is 1. The molecule has 64 valence electrons. The highest BCUT2D eigenvalue weighted by Crippen LogP contribution is 2.07. The minimum absolute atomic E-state index is 0.957. The first-order chi connectivity index (χ1) is 5.83. The fraction of sp³-hybridized carbons (Fsp3) is 0.300. The van der Waals surface area contributed by atoms with Crippen LogP contribution in [0.1, 0.15) is 18.9 Å². The van der Waals surface area contributed by atoms with Crippen LogP contribution in [0.25, 0.3) is 0 Å². The van der Waals surface area contributed by atoms with Gasteiger partial charge in [-0.1, -0.05) is 24.6 Å². The maximum atomic E-state index is 4.01. The molecular formula is C10H14N2. The third-order valence-corrected chi connectivity index (χ3v) is 1.52. The number of anilines is 1. The zero-order valence-corrected chi connectivity index (χ0v) is 7.54. The van der Waals surface area contributed by atoms with E-state index in [1.54, 1.807) is 0 Å². The van der Waals surface area contributed by atoms with Crippen molar-refractivity contribution < 1.29 is 0 Å². The first-order valence-corrected chi connectivity index (χ1v) is 4.17. The molecule has 1 aromatic carbocycles. The van der Waals surface area contributed by atoms with Crippen molar-refractivity contribution in [3.8, 4) is 0 Å². The Morgan fingerprint density at radius 1 is 1.33 bits per heavy atom. The van der Waals surface area contributed by atoms with E-state index in [0.29, 0.717) is 0 Å². The second kappa shape index (κ2) is 4.54. The lowest BCUT2D eigenvalue weighted by molar-refractivity contribution is 1.26. The number of hydrazone groups is 1. The van der Waals surface area contributed by atoms with Gasteiger partial charge in [0.15, 0.2) is 0 Å². The predicted octanol–water partition coefficient (Wildman–Crippen LogP) is 2.80. The van der Waals surface area contributed by atoms with Gasteiger partial charge in [0.1, 0.15) is 0 Å². The van der Waals surface area contributed by atoms with Crippen LogP contribution >= 0.6 is 0 Å². The van der Waals surface area contributed by atoms with Gasteiger partial charge in [0.2, 0.25) is 0 Å².